The number of piperazine rings is 2. The molecule has 1 N–H and O–H groups in total. The van der Waals surface area contributed by atoms with E-state index in [2.05, 4.69) is 37.1 Å². The summed E-state index contributed by atoms with van der Waals surface area (Å²) in [6.07, 6.45) is 3.40. The minimum absolute atomic E-state index is 0. The van der Waals surface area contributed by atoms with Crippen LogP contribution in [0.5, 0.6) is 0 Å². The van der Waals surface area contributed by atoms with Crippen LogP contribution < -0.4 is 10.2 Å². The molecule has 0 aliphatic carbocycles. The molecule has 2 aromatic heterocycles. The number of amides is 1. The van der Waals surface area contributed by atoms with Crippen molar-refractivity contribution in [1.29, 1.82) is 0 Å². The number of nitrogens with zero attached hydrogens (tertiary/aromatic N) is 7. The van der Waals surface area contributed by atoms with Crippen LogP contribution in [0.3, 0.4) is 0 Å². The van der Waals surface area contributed by atoms with Crippen molar-refractivity contribution < 1.29 is 4.79 Å². The molecule has 11 heteroatoms. The summed E-state index contributed by atoms with van der Waals surface area (Å²) in [7, 11) is 1.88. The Bertz CT molecular complexity index is 793. The van der Waals surface area contributed by atoms with Crippen LogP contribution in [0.2, 0.25) is 0 Å². The number of aromatic nitrogens is 4. The second kappa shape index (κ2) is 9.69. The lowest BCUT2D eigenvalue weighted by Crippen LogP contribution is -2.55. The molecule has 4 heterocycles. The monoisotopic (exact) mass is 430 g/mol. The van der Waals surface area contributed by atoms with E-state index in [1.165, 1.54) is 0 Å². The number of aryl methyl sites for hydroxylation is 1. The van der Waals surface area contributed by atoms with Gasteiger partial charge in [-0.15, -0.1) is 24.8 Å². The highest BCUT2D eigenvalue weighted by Gasteiger charge is 2.27. The molecule has 1 amide bonds. The van der Waals surface area contributed by atoms with Gasteiger partial charge < -0.3 is 15.1 Å². The van der Waals surface area contributed by atoms with E-state index in [0.29, 0.717) is 12.6 Å². The molecule has 9 nitrogen and oxygen atoms in total. The third-order valence-electron chi connectivity index (χ3n) is 5.42. The Balaban J connectivity index is 0.00000140. The van der Waals surface area contributed by atoms with Gasteiger partial charge in [0, 0.05) is 58.9 Å². The van der Waals surface area contributed by atoms with Gasteiger partial charge in [0.05, 0.1) is 18.1 Å². The van der Waals surface area contributed by atoms with E-state index < -0.39 is 0 Å². The Kier molecular flexibility index (Phi) is 7.82. The van der Waals surface area contributed by atoms with Gasteiger partial charge in [-0.05, 0) is 6.92 Å². The zero-order valence-electron chi connectivity index (χ0n) is 16.2. The molecule has 2 fully saturated rings. The van der Waals surface area contributed by atoms with Crippen LogP contribution in [-0.2, 0) is 11.8 Å². The summed E-state index contributed by atoms with van der Waals surface area (Å²) in [5.74, 6) is 1.14. The molecule has 156 valence electrons. The topological polar surface area (TPSA) is 82.4 Å². The van der Waals surface area contributed by atoms with Crippen molar-refractivity contribution in [3.8, 4) is 0 Å². The number of halogens is 2. The lowest BCUT2D eigenvalue weighted by molar-refractivity contribution is -0.133. The normalized spacial score (nSPS) is 20.6. The van der Waals surface area contributed by atoms with Crippen LogP contribution >= 0.6 is 24.8 Å². The second-order valence-electron chi connectivity index (χ2n) is 7.09. The highest BCUT2D eigenvalue weighted by molar-refractivity contribution is 5.87. The first kappa shape index (κ1) is 22.6. The number of hydrogen-bond acceptors (Lipinski definition) is 7. The Morgan fingerprint density at radius 2 is 1.93 bits per heavy atom. The minimum Gasteiger partial charge on any atom is -0.352 e. The van der Waals surface area contributed by atoms with Crippen molar-refractivity contribution >= 4 is 47.6 Å². The van der Waals surface area contributed by atoms with E-state index in [1.54, 1.807) is 11.0 Å². The van der Waals surface area contributed by atoms with Crippen LogP contribution in [0, 0.1) is 0 Å². The van der Waals surface area contributed by atoms with Crippen LogP contribution in [0.25, 0.3) is 11.0 Å². The molecule has 0 bridgehead atoms. The van der Waals surface area contributed by atoms with E-state index in [4.69, 9.17) is 0 Å². The molecule has 2 saturated heterocycles. The maximum Gasteiger partial charge on any atom is 0.236 e. The third kappa shape index (κ3) is 4.48. The molecule has 2 aliphatic heterocycles. The Morgan fingerprint density at radius 1 is 1.18 bits per heavy atom. The number of nitrogens with one attached hydrogen (secondary N) is 1. The summed E-state index contributed by atoms with van der Waals surface area (Å²) in [6, 6.07) is 0.411. The standard InChI is InChI=1S/C17H26N8O.2ClH/c1-13-9-18-3-4-25(13)11-15(26)23-5-7-24(8-6-23)17-14-10-21-22(2)16(14)19-12-20-17;;/h10,12-13,18H,3-9,11H2,1-2H3;2*1H/t13-;;/m1../s1. The fourth-order valence-electron chi connectivity index (χ4n) is 3.76. The van der Waals surface area contributed by atoms with Gasteiger partial charge in [0.1, 0.15) is 12.1 Å². The fourth-order valence-corrected chi connectivity index (χ4v) is 3.76. The summed E-state index contributed by atoms with van der Waals surface area (Å²) >= 11 is 0. The van der Waals surface area contributed by atoms with Crippen LogP contribution in [0.1, 0.15) is 6.92 Å². The zero-order chi connectivity index (χ0) is 18.1. The fraction of sp³-hybridized carbons (Fsp3) is 0.647. The van der Waals surface area contributed by atoms with Gasteiger partial charge >= 0.3 is 0 Å². The summed E-state index contributed by atoms with van der Waals surface area (Å²) < 4.78 is 1.76. The van der Waals surface area contributed by atoms with Gasteiger partial charge in [-0.3, -0.25) is 14.4 Å². The van der Waals surface area contributed by atoms with Crippen LogP contribution in [0.15, 0.2) is 12.5 Å². The largest absolute Gasteiger partial charge is 0.352 e. The van der Waals surface area contributed by atoms with Gasteiger partial charge in [-0.1, -0.05) is 0 Å². The van der Waals surface area contributed by atoms with Gasteiger partial charge in [0.15, 0.2) is 5.65 Å². The van der Waals surface area contributed by atoms with Crippen molar-refractivity contribution in [2.45, 2.75) is 13.0 Å². The van der Waals surface area contributed by atoms with E-state index in [1.807, 2.05) is 18.1 Å². The van der Waals surface area contributed by atoms with E-state index >= 15 is 0 Å². The second-order valence-corrected chi connectivity index (χ2v) is 7.09. The van der Waals surface area contributed by atoms with E-state index in [-0.39, 0.29) is 30.7 Å². The molecule has 0 aromatic carbocycles. The molecular formula is C17H28Cl2N8O. The Hall–Kier alpha value is -1.68. The first-order valence-corrected chi connectivity index (χ1v) is 9.23. The maximum absolute atomic E-state index is 12.7. The molecule has 2 aliphatic rings. The summed E-state index contributed by atoms with van der Waals surface area (Å²) in [6.45, 7) is 8.56. The lowest BCUT2D eigenvalue weighted by atomic mass is 10.2. The van der Waals surface area contributed by atoms with E-state index in [9.17, 15) is 4.79 Å². The third-order valence-corrected chi connectivity index (χ3v) is 5.42. The summed E-state index contributed by atoms with van der Waals surface area (Å²) in [5, 5.41) is 8.61. The summed E-state index contributed by atoms with van der Waals surface area (Å²) in [4.78, 5) is 27.9. The molecule has 2 aromatic rings. The maximum atomic E-state index is 12.7. The predicted molar refractivity (Wildman–Crippen MR) is 113 cm³/mol. The lowest BCUT2D eigenvalue weighted by Gasteiger charge is -2.38. The zero-order valence-corrected chi connectivity index (χ0v) is 17.9. The van der Waals surface area contributed by atoms with E-state index in [0.717, 1.165) is 62.7 Å². The molecule has 0 radical (unpaired) electrons. The number of rotatable bonds is 3. The van der Waals surface area contributed by atoms with Gasteiger partial charge in [-0.2, -0.15) is 5.10 Å². The Morgan fingerprint density at radius 3 is 2.64 bits per heavy atom. The average molecular weight is 431 g/mol. The number of hydrogen-bond donors (Lipinski definition) is 1. The van der Waals surface area contributed by atoms with Crippen molar-refractivity contribution in [3.05, 3.63) is 12.5 Å². The van der Waals surface area contributed by atoms with Crippen molar-refractivity contribution in [3.63, 3.8) is 0 Å². The number of anilines is 1. The van der Waals surface area contributed by atoms with Crippen molar-refractivity contribution in [2.24, 2.45) is 7.05 Å². The first-order valence-electron chi connectivity index (χ1n) is 9.23. The number of fused-ring (bicyclic) bond motifs is 1. The molecule has 0 unspecified atom stereocenters. The molecular weight excluding hydrogens is 403 g/mol. The quantitative estimate of drug-likeness (QED) is 0.741. The molecule has 1 atom stereocenters. The highest BCUT2D eigenvalue weighted by atomic mass is 35.5. The van der Waals surface area contributed by atoms with Crippen LogP contribution in [0.4, 0.5) is 5.82 Å². The number of carbonyl (C=O) groups is 1. The van der Waals surface area contributed by atoms with Crippen molar-refractivity contribution in [2.75, 3.05) is 57.3 Å². The molecule has 4 rings (SSSR count). The first-order chi connectivity index (χ1) is 12.6. The minimum atomic E-state index is 0. The Labute approximate surface area is 177 Å². The summed E-state index contributed by atoms with van der Waals surface area (Å²) in [5.41, 5.74) is 0.834. The van der Waals surface area contributed by atoms with Gasteiger partial charge in [0.25, 0.3) is 0 Å². The predicted octanol–water partition coefficient (Wildman–Crippen LogP) is 0.149. The van der Waals surface area contributed by atoms with Gasteiger partial charge in [0.2, 0.25) is 5.91 Å². The SMILES string of the molecule is C[C@@H]1CNCCN1CC(=O)N1CCN(c2ncnc3c2cnn3C)CC1.Cl.Cl. The molecule has 0 spiro atoms. The molecule has 0 saturated carbocycles. The van der Waals surface area contributed by atoms with Crippen LogP contribution in [-0.4, -0.2) is 93.9 Å². The molecule has 28 heavy (non-hydrogen) atoms. The smallest absolute Gasteiger partial charge is 0.236 e. The highest BCUT2D eigenvalue weighted by Crippen LogP contribution is 2.23. The average Bonchev–Trinajstić information content (AvgIpc) is 3.05. The van der Waals surface area contributed by atoms with Gasteiger partial charge in [-0.25, -0.2) is 9.97 Å². The number of carbonyl (C=O) groups excluding carboxylic acids is 1. The van der Waals surface area contributed by atoms with Crippen molar-refractivity contribution in [1.82, 2.24) is 34.9 Å².